The van der Waals surface area contributed by atoms with Gasteiger partial charge in [0.05, 0.1) is 33.8 Å². The lowest BCUT2D eigenvalue weighted by atomic mass is 10.0. The molecule has 0 aromatic carbocycles. The first kappa shape index (κ1) is 67.5. The molecular formula is C60H110N2O7P+. The van der Waals surface area contributed by atoms with Crippen LogP contribution in [-0.4, -0.2) is 74.3 Å². The first-order valence-corrected chi connectivity index (χ1v) is 30.3. The van der Waals surface area contributed by atoms with Crippen LogP contribution in [0.1, 0.15) is 245 Å². The lowest BCUT2D eigenvalue weighted by Gasteiger charge is -2.27. The predicted molar refractivity (Wildman–Crippen MR) is 300 cm³/mol. The number of hydrogen-bond donors (Lipinski definition) is 2. The van der Waals surface area contributed by atoms with Gasteiger partial charge in [0.1, 0.15) is 19.3 Å². The van der Waals surface area contributed by atoms with Crippen LogP contribution in [0.15, 0.2) is 72.9 Å². The maximum Gasteiger partial charge on any atom is 0.472 e. The van der Waals surface area contributed by atoms with Crippen molar-refractivity contribution in [2.45, 2.75) is 258 Å². The molecule has 0 fully saturated rings. The summed E-state index contributed by atoms with van der Waals surface area (Å²) in [4.78, 5) is 37.6. The number of carbonyl (C=O) groups excluding carboxylic acids is 2. The minimum Gasteiger partial charge on any atom is -0.456 e. The van der Waals surface area contributed by atoms with Gasteiger partial charge in [0, 0.05) is 12.8 Å². The van der Waals surface area contributed by atoms with Crippen molar-refractivity contribution in [1.29, 1.82) is 0 Å². The van der Waals surface area contributed by atoms with Crippen molar-refractivity contribution in [3.8, 4) is 0 Å². The van der Waals surface area contributed by atoms with Gasteiger partial charge < -0.3 is 19.4 Å². The Morgan fingerprint density at radius 3 is 1.39 bits per heavy atom. The number of nitrogens with zero attached hydrogens (tertiary/aromatic N) is 1. The second-order valence-electron chi connectivity index (χ2n) is 20.5. The average Bonchev–Trinajstić information content (AvgIpc) is 3.32. The fourth-order valence-electron chi connectivity index (χ4n) is 7.99. The Bertz CT molecular complexity index is 1430. The van der Waals surface area contributed by atoms with Crippen LogP contribution in [0.3, 0.4) is 0 Å². The van der Waals surface area contributed by atoms with Crippen LogP contribution < -0.4 is 5.32 Å². The molecule has 0 saturated heterocycles. The zero-order valence-corrected chi connectivity index (χ0v) is 47.1. The van der Waals surface area contributed by atoms with E-state index in [0.29, 0.717) is 23.9 Å². The van der Waals surface area contributed by atoms with Gasteiger partial charge in [0.25, 0.3) is 0 Å². The van der Waals surface area contributed by atoms with E-state index in [4.69, 9.17) is 13.8 Å². The number of phosphoric acid groups is 1. The zero-order chi connectivity index (χ0) is 51.5. The molecule has 0 heterocycles. The summed E-state index contributed by atoms with van der Waals surface area (Å²) in [6.07, 6.45) is 63.2. The monoisotopic (exact) mass is 1000 g/mol. The number of hydrogen-bond acceptors (Lipinski definition) is 6. The smallest absolute Gasteiger partial charge is 0.456 e. The molecular weight excluding hydrogens is 892 g/mol. The zero-order valence-electron chi connectivity index (χ0n) is 46.2. The number of allylic oxidation sites excluding steroid dienone is 11. The van der Waals surface area contributed by atoms with E-state index in [1.54, 1.807) is 0 Å². The molecule has 3 unspecified atom stereocenters. The van der Waals surface area contributed by atoms with Gasteiger partial charge in [0.2, 0.25) is 5.91 Å². The van der Waals surface area contributed by atoms with Crippen LogP contribution in [0, 0.1) is 0 Å². The molecule has 0 aromatic rings. The average molecular weight is 1000 g/mol. The van der Waals surface area contributed by atoms with Crippen molar-refractivity contribution >= 4 is 19.7 Å². The van der Waals surface area contributed by atoms with Gasteiger partial charge in [-0.25, -0.2) is 4.57 Å². The van der Waals surface area contributed by atoms with Crippen molar-refractivity contribution in [3.63, 3.8) is 0 Å². The highest BCUT2D eigenvalue weighted by Gasteiger charge is 2.30. The number of esters is 1. The number of ether oxygens (including phenoxy) is 1. The highest BCUT2D eigenvalue weighted by molar-refractivity contribution is 7.47. The highest BCUT2D eigenvalue weighted by atomic mass is 31.2. The molecule has 406 valence electrons. The molecule has 0 aromatic heterocycles. The number of nitrogens with one attached hydrogen (secondary N) is 1. The number of rotatable bonds is 51. The van der Waals surface area contributed by atoms with Crippen molar-refractivity contribution in [2.24, 2.45) is 0 Å². The summed E-state index contributed by atoms with van der Waals surface area (Å²) in [5.74, 6) is -0.551. The number of phosphoric ester groups is 1. The Morgan fingerprint density at radius 1 is 0.514 bits per heavy atom. The molecule has 0 saturated carbocycles. The summed E-state index contributed by atoms with van der Waals surface area (Å²) in [5.41, 5.74) is 0. The first-order chi connectivity index (χ1) is 33.9. The van der Waals surface area contributed by atoms with Gasteiger partial charge in [-0.2, -0.15) is 0 Å². The van der Waals surface area contributed by atoms with E-state index in [1.807, 2.05) is 33.3 Å². The number of amides is 1. The maximum absolute atomic E-state index is 13.5. The lowest BCUT2D eigenvalue weighted by molar-refractivity contribution is -0.870. The lowest BCUT2D eigenvalue weighted by Crippen LogP contribution is -2.47. The number of carbonyl (C=O) groups is 2. The Kier molecular flexibility index (Phi) is 48.2. The van der Waals surface area contributed by atoms with Gasteiger partial charge in [-0.1, -0.05) is 229 Å². The van der Waals surface area contributed by atoms with Crippen LogP contribution in [0.4, 0.5) is 0 Å². The summed E-state index contributed by atoms with van der Waals surface area (Å²) in [7, 11) is 1.46. The first-order valence-electron chi connectivity index (χ1n) is 28.8. The Balaban J connectivity index is 5.44. The molecule has 0 rings (SSSR count). The number of likely N-dealkylation sites (N-methyl/N-ethyl adjacent to an activating group) is 1. The molecule has 70 heavy (non-hydrogen) atoms. The third-order valence-corrected chi connectivity index (χ3v) is 13.5. The quantitative estimate of drug-likeness (QED) is 0.0156. The fraction of sp³-hybridized carbons (Fsp3) is 0.767. The maximum atomic E-state index is 13.5. The van der Waals surface area contributed by atoms with Crippen LogP contribution in [0.2, 0.25) is 0 Å². The van der Waals surface area contributed by atoms with Gasteiger partial charge in [0.15, 0.2) is 0 Å². The highest BCUT2D eigenvalue weighted by Crippen LogP contribution is 2.43. The second kappa shape index (κ2) is 50.0. The van der Waals surface area contributed by atoms with Crippen LogP contribution in [0.5, 0.6) is 0 Å². The predicted octanol–water partition coefficient (Wildman–Crippen LogP) is 17.3. The van der Waals surface area contributed by atoms with Gasteiger partial charge >= 0.3 is 13.8 Å². The standard InChI is InChI=1S/C60H109N2O7P/c1-7-10-13-16-19-22-25-28-30-32-34-37-40-43-46-49-52-59(63)61-57(56-68-70(65,66)67-55-54-62(4,5)6)58(51-48-45-42-39-36-33-27-24-21-18-15-12-9-3)69-60(64)53-50-47-44-41-38-35-31-29-26-23-20-17-14-11-8-2/h11,14,17,20,23,26,30,32,34,37,48,51,57-58H,7-10,12-13,15-16,18-19,21-22,24-25,27-29,31,33,35-36,38-47,49-50,52-56H2,1-6H3,(H-,61,63,65,66)/p+1/b14-11+,20-17+,26-23+,32-30+,37-34+,51-48+. The van der Waals surface area contributed by atoms with E-state index in [0.717, 1.165) is 83.5 Å². The molecule has 0 aliphatic heterocycles. The summed E-state index contributed by atoms with van der Waals surface area (Å²) in [6.45, 7) is 6.84. The van der Waals surface area contributed by atoms with Crippen molar-refractivity contribution in [3.05, 3.63) is 72.9 Å². The van der Waals surface area contributed by atoms with E-state index in [1.165, 1.54) is 122 Å². The Labute approximate surface area is 432 Å². The molecule has 0 aliphatic carbocycles. The van der Waals surface area contributed by atoms with Crippen LogP contribution in [0.25, 0.3) is 0 Å². The molecule has 9 nitrogen and oxygen atoms in total. The van der Waals surface area contributed by atoms with Gasteiger partial charge in [-0.05, 0) is 76.7 Å². The topological polar surface area (TPSA) is 111 Å². The van der Waals surface area contributed by atoms with Gasteiger partial charge in [-0.3, -0.25) is 18.6 Å². The van der Waals surface area contributed by atoms with E-state index >= 15 is 0 Å². The SMILES string of the molecule is CC/C=C/C=C/C=C/CCCCCCCCCC(=O)OC(/C=C/CCCCCCCCCCCCC)C(COP(=O)(O)OCC[N+](C)(C)C)NC(=O)CCCCC/C=C/C=C/CCCCCCCCC. The summed E-state index contributed by atoms with van der Waals surface area (Å²) >= 11 is 0. The second-order valence-corrected chi connectivity index (χ2v) is 22.0. The van der Waals surface area contributed by atoms with Gasteiger partial charge in [-0.15, -0.1) is 0 Å². The summed E-state index contributed by atoms with van der Waals surface area (Å²) < 4.78 is 30.6. The van der Waals surface area contributed by atoms with Crippen LogP contribution >= 0.6 is 7.82 Å². The molecule has 10 heteroatoms. The fourth-order valence-corrected chi connectivity index (χ4v) is 8.72. The molecule has 1 amide bonds. The molecule has 0 aliphatic rings. The van der Waals surface area contributed by atoms with Crippen molar-refractivity contribution in [1.82, 2.24) is 5.32 Å². The van der Waals surface area contributed by atoms with Crippen molar-refractivity contribution in [2.75, 3.05) is 40.9 Å². The van der Waals surface area contributed by atoms with E-state index in [9.17, 15) is 19.0 Å². The summed E-state index contributed by atoms with van der Waals surface area (Å²) in [6, 6.07) is -0.868. The van der Waals surface area contributed by atoms with Crippen molar-refractivity contribution < 1.29 is 37.3 Å². The number of unbranched alkanes of at least 4 members (excludes halogenated alkanes) is 28. The molecule has 0 radical (unpaired) electrons. The molecule has 0 bridgehead atoms. The van der Waals surface area contributed by atoms with Crippen LogP contribution in [-0.2, 0) is 27.9 Å². The minimum atomic E-state index is -4.46. The largest absolute Gasteiger partial charge is 0.472 e. The molecule has 3 atom stereocenters. The Hall–Kier alpha value is -2.55. The van der Waals surface area contributed by atoms with E-state index in [2.05, 4.69) is 86.8 Å². The minimum absolute atomic E-state index is 0.0307. The third-order valence-electron chi connectivity index (χ3n) is 12.5. The van der Waals surface area contributed by atoms with E-state index < -0.39 is 20.0 Å². The van der Waals surface area contributed by atoms with E-state index in [-0.39, 0.29) is 31.5 Å². The number of quaternary nitrogens is 1. The molecule has 0 spiro atoms. The Morgan fingerprint density at radius 2 is 0.914 bits per heavy atom. The molecule has 2 N–H and O–H groups in total. The summed E-state index contributed by atoms with van der Waals surface area (Å²) in [5, 5.41) is 3.03. The third kappa shape index (κ3) is 50.4. The normalized spacial score (nSPS) is 14.3.